The van der Waals surface area contributed by atoms with Crippen molar-refractivity contribution >= 4 is 16.0 Å². The van der Waals surface area contributed by atoms with Gasteiger partial charge in [0.25, 0.3) is 0 Å². The van der Waals surface area contributed by atoms with Crippen molar-refractivity contribution in [1.29, 1.82) is 0 Å². The maximum atomic E-state index is 11.9. The van der Waals surface area contributed by atoms with E-state index in [1.54, 1.807) is 0 Å². The normalized spacial score (nSPS) is 11.1. The van der Waals surface area contributed by atoms with Crippen LogP contribution in [0.2, 0.25) is 0 Å². The largest absolute Gasteiger partial charge is 0.457 e. The summed E-state index contributed by atoms with van der Waals surface area (Å²) in [5.41, 5.74) is 1.06. The van der Waals surface area contributed by atoms with Gasteiger partial charge < -0.3 is 4.74 Å². The van der Waals surface area contributed by atoms with E-state index in [4.69, 9.17) is 4.74 Å². The zero-order valence-corrected chi connectivity index (χ0v) is 12.3. The Balaban J connectivity index is 2.11. The van der Waals surface area contributed by atoms with Gasteiger partial charge in [0, 0.05) is 0 Å². The molecule has 110 valence electrons. The molecule has 0 saturated heterocycles. The summed E-state index contributed by atoms with van der Waals surface area (Å²) in [5.74, 6) is -0.563. The van der Waals surface area contributed by atoms with E-state index in [-0.39, 0.29) is 17.1 Å². The van der Waals surface area contributed by atoms with Gasteiger partial charge in [-0.3, -0.25) is 0 Å². The van der Waals surface area contributed by atoms with Crippen molar-refractivity contribution in [2.75, 3.05) is 7.05 Å². The van der Waals surface area contributed by atoms with Crippen molar-refractivity contribution in [3.8, 4) is 0 Å². The lowest BCUT2D eigenvalue weighted by Crippen LogP contribution is -2.19. The summed E-state index contributed by atoms with van der Waals surface area (Å²) < 4.78 is 30.7. The highest BCUT2D eigenvalue weighted by molar-refractivity contribution is 7.89. The quantitative estimate of drug-likeness (QED) is 0.857. The summed E-state index contributed by atoms with van der Waals surface area (Å²) in [7, 11) is -2.26. The molecule has 2 rings (SSSR count). The number of carbonyl (C=O) groups excluding carboxylic acids is 1. The zero-order chi connectivity index (χ0) is 15.3. The molecule has 21 heavy (non-hydrogen) atoms. The molecule has 0 aliphatic heterocycles. The third-order valence-electron chi connectivity index (χ3n) is 2.86. The van der Waals surface area contributed by atoms with E-state index < -0.39 is 16.0 Å². The Morgan fingerprint density at radius 2 is 1.81 bits per heavy atom. The molecule has 1 N–H and O–H groups in total. The van der Waals surface area contributed by atoms with Gasteiger partial charge in [-0.25, -0.2) is 17.9 Å². The molecule has 2 aromatic rings. The molecule has 0 bridgehead atoms. The Morgan fingerprint density at radius 1 is 1.10 bits per heavy atom. The summed E-state index contributed by atoms with van der Waals surface area (Å²) in [6.45, 7) is 0.142. The van der Waals surface area contributed by atoms with Gasteiger partial charge in [-0.2, -0.15) is 0 Å². The molecule has 0 spiro atoms. The number of esters is 1. The highest BCUT2D eigenvalue weighted by atomic mass is 32.2. The molecule has 2 aromatic carbocycles. The standard InChI is InChI=1S/C15H15NO4S/c1-16-21(18,19)14-9-5-8-13(10-14)15(17)20-11-12-6-3-2-4-7-12/h2-10,16H,11H2,1H3. The summed E-state index contributed by atoms with van der Waals surface area (Å²) in [4.78, 5) is 12.0. The van der Waals surface area contributed by atoms with Crippen molar-refractivity contribution < 1.29 is 17.9 Å². The number of carbonyl (C=O) groups is 1. The van der Waals surface area contributed by atoms with E-state index in [9.17, 15) is 13.2 Å². The van der Waals surface area contributed by atoms with Gasteiger partial charge in [-0.1, -0.05) is 36.4 Å². The van der Waals surface area contributed by atoms with E-state index in [1.165, 1.54) is 31.3 Å². The molecule has 0 aliphatic carbocycles. The van der Waals surface area contributed by atoms with E-state index >= 15 is 0 Å². The summed E-state index contributed by atoms with van der Waals surface area (Å²) >= 11 is 0. The Bertz CT molecular complexity index is 726. The molecule has 0 radical (unpaired) electrons. The number of benzene rings is 2. The van der Waals surface area contributed by atoms with E-state index in [0.29, 0.717) is 0 Å². The van der Waals surface area contributed by atoms with Crippen LogP contribution in [0.3, 0.4) is 0 Å². The minimum absolute atomic E-state index is 0.0270. The number of rotatable bonds is 5. The van der Waals surface area contributed by atoms with Crippen LogP contribution < -0.4 is 4.72 Å². The Labute approximate surface area is 123 Å². The Kier molecular flexibility index (Phi) is 4.72. The van der Waals surface area contributed by atoms with E-state index in [1.807, 2.05) is 30.3 Å². The van der Waals surface area contributed by atoms with Gasteiger partial charge in [-0.05, 0) is 30.8 Å². The smallest absolute Gasteiger partial charge is 0.338 e. The lowest BCUT2D eigenvalue weighted by atomic mass is 10.2. The highest BCUT2D eigenvalue weighted by Crippen LogP contribution is 2.13. The lowest BCUT2D eigenvalue weighted by molar-refractivity contribution is 0.0472. The van der Waals surface area contributed by atoms with Crippen LogP contribution in [-0.2, 0) is 21.4 Å². The fourth-order valence-electron chi connectivity index (χ4n) is 1.71. The first-order chi connectivity index (χ1) is 10.0. The molecule has 5 nitrogen and oxygen atoms in total. The van der Waals surface area contributed by atoms with Gasteiger partial charge in [0.2, 0.25) is 10.0 Å². The number of hydrogen-bond acceptors (Lipinski definition) is 4. The monoisotopic (exact) mass is 305 g/mol. The molecular formula is C15H15NO4S. The van der Waals surface area contributed by atoms with Crippen LogP contribution in [0.25, 0.3) is 0 Å². The van der Waals surface area contributed by atoms with Crippen molar-refractivity contribution in [1.82, 2.24) is 4.72 Å². The number of nitrogens with one attached hydrogen (secondary N) is 1. The summed E-state index contributed by atoms with van der Waals surface area (Å²) in [5, 5.41) is 0. The molecule has 0 amide bonds. The lowest BCUT2D eigenvalue weighted by Gasteiger charge is -2.07. The Morgan fingerprint density at radius 3 is 2.48 bits per heavy atom. The molecule has 0 aromatic heterocycles. The first kappa shape index (κ1) is 15.2. The summed E-state index contributed by atoms with van der Waals surface area (Å²) in [6.07, 6.45) is 0. The van der Waals surface area contributed by atoms with Crippen LogP contribution in [0.15, 0.2) is 59.5 Å². The van der Waals surface area contributed by atoms with Gasteiger partial charge in [0.05, 0.1) is 10.5 Å². The molecule has 0 aliphatic rings. The van der Waals surface area contributed by atoms with Gasteiger partial charge in [0.1, 0.15) is 6.61 Å². The number of ether oxygens (including phenoxy) is 1. The third kappa shape index (κ3) is 3.90. The zero-order valence-electron chi connectivity index (χ0n) is 11.4. The predicted molar refractivity (Wildman–Crippen MR) is 78.2 cm³/mol. The minimum Gasteiger partial charge on any atom is -0.457 e. The van der Waals surface area contributed by atoms with Crippen LogP contribution in [0, 0.1) is 0 Å². The van der Waals surface area contributed by atoms with E-state index in [2.05, 4.69) is 4.72 Å². The molecule has 0 fully saturated rings. The van der Waals surface area contributed by atoms with Crippen molar-refractivity contribution in [2.45, 2.75) is 11.5 Å². The number of sulfonamides is 1. The first-order valence-corrected chi connectivity index (χ1v) is 7.76. The fourth-order valence-corrected chi connectivity index (χ4v) is 2.49. The van der Waals surface area contributed by atoms with E-state index in [0.717, 1.165) is 5.56 Å². The third-order valence-corrected chi connectivity index (χ3v) is 4.27. The van der Waals surface area contributed by atoms with Crippen LogP contribution in [0.5, 0.6) is 0 Å². The van der Waals surface area contributed by atoms with Crippen LogP contribution >= 0.6 is 0 Å². The minimum atomic E-state index is -3.58. The highest BCUT2D eigenvalue weighted by Gasteiger charge is 2.15. The molecule has 0 saturated carbocycles. The van der Waals surface area contributed by atoms with Gasteiger partial charge in [-0.15, -0.1) is 0 Å². The average Bonchev–Trinajstić information content (AvgIpc) is 2.53. The topological polar surface area (TPSA) is 72.5 Å². The molecule has 6 heteroatoms. The molecule has 0 unspecified atom stereocenters. The second-order valence-electron chi connectivity index (χ2n) is 4.30. The number of hydrogen-bond donors (Lipinski definition) is 1. The first-order valence-electron chi connectivity index (χ1n) is 6.27. The van der Waals surface area contributed by atoms with Crippen molar-refractivity contribution in [3.63, 3.8) is 0 Å². The van der Waals surface area contributed by atoms with Crippen LogP contribution in [0.4, 0.5) is 0 Å². The second kappa shape index (κ2) is 6.51. The van der Waals surface area contributed by atoms with Gasteiger partial charge in [0.15, 0.2) is 0 Å². The summed E-state index contributed by atoms with van der Waals surface area (Å²) in [6, 6.07) is 15.0. The Hall–Kier alpha value is -2.18. The van der Waals surface area contributed by atoms with Crippen LogP contribution in [-0.4, -0.2) is 21.4 Å². The second-order valence-corrected chi connectivity index (χ2v) is 6.18. The average molecular weight is 305 g/mol. The predicted octanol–water partition coefficient (Wildman–Crippen LogP) is 1.95. The fraction of sp³-hybridized carbons (Fsp3) is 0.133. The molecule has 0 heterocycles. The maximum Gasteiger partial charge on any atom is 0.338 e. The van der Waals surface area contributed by atoms with Crippen molar-refractivity contribution in [2.24, 2.45) is 0 Å². The molecule has 0 atom stereocenters. The van der Waals surface area contributed by atoms with Gasteiger partial charge >= 0.3 is 5.97 Å². The SMILES string of the molecule is CNS(=O)(=O)c1cccc(C(=O)OCc2ccccc2)c1. The molecular weight excluding hydrogens is 290 g/mol. The van der Waals surface area contributed by atoms with Crippen LogP contribution in [0.1, 0.15) is 15.9 Å². The van der Waals surface area contributed by atoms with Crippen molar-refractivity contribution in [3.05, 3.63) is 65.7 Å². The maximum absolute atomic E-state index is 11.9.